The summed E-state index contributed by atoms with van der Waals surface area (Å²) in [4.78, 5) is 6.35. The van der Waals surface area contributed by atoms with E-state index in [1.54, 1.807) is 17.5 Å². The summed E-state index contributed by atoms with van der Waals surface area (Å²) in [7, 11) is 2.10. The summed E-state index contributed by atoms with van der Waals surface area (Å²) < 4.78 is 1.17. The normalized spacial score (nSPS) is 10.9. The fraction of sp³-hybridized carbons (Fsp3) is 0.250. The lowest BCUT2D eigenvalue weighted by atomic mass is 10.2. The van der Waals surface area contributed by atoms with E-state index in [-0.39, 0.29) is 0 Å². The largest absolute Gasteiger partial charge is 0.308 e. The first kappa shape index (κ1) is 13.5. The van der Waals surface area contributed by atoms with Crippen LogP contribution in [-0.4, -0.2) is 16.9 Å². The van der Waals surface area contributed by atoms with Gasteiger partial charge in [0.2, 0.25) is 0 Å². The van der Waals surface area contributed by atoms with E-state index in [2.05, 4.69) is 49.7 Å². The summed E-state index contributed by atoms with van der Waals surface area (Å²) in [5, 5.41) is 2.17. The maximum atomic E-state index is 5.35. The molecule has 0 fully saturated rings. The lowest BCUT2D eigenvalue weighted by Gasteiger charge is -2.16. The monoisotopic (exact) mass is 326 g/mol. The molecule has 0 amide bonds. The van der Waals surface area contributed by atoms with E-state index in [1.807, 2.05) is 12.1 Å². The van der Waals surface area contributed by atoms with Crippen LogP contribution >= 0.6 is 27.3 Å². The summed E-state index contributed by atoms with van der Waals surface area (Å²) >= 11 is 5.19. The molecule has 0 radical (unpaired) electrons. The van der Waals surface area contributed by atoms with Gasteiger partial charge in [0, 0.05) is 19.3 Å². The Morgan fingerprint density at radius 3 is 2.83 bits per heavy atom. The van der Waals surface area contributed by atoms with Gasteiger partial charge >= 0.3 is 0 Å². The van der Waals surface area contributed by atoms with Gasteiger partial charge in [-0.15, -0.1) is 11.3 Å². The summed E-state index contributed by atoms with van der Waals surface area (Å²) in [6.07, 6.45) is 1.76. The zero-order valence-electron chi connectivity index (χ0n) is 10.1. The fourth-order valence-electron chi connectivity index (χ4n) is 1.76. The van der Waals surface area contributed by atoms with E-state index in [4.69, 9.17) is 5.84 Å². The average molecular weight is 327 g/mol. The number of halogens is 1. The van der Waals surface area contributed by atoms with E-state index in [9.17, 15) is 0 Å². The van der Waals surface area contributed by atoms with Crippen molar-refractivity contribution in [2.24, 2.45) is 5.84 Å². The van der Waals surface area contributed by atoms with Gasteiger partial charge in [-0.1, -0.05) is 0 Å². The van der Waals surface area contributed by atoms with Crippen molar-refractivity contribution in [3.63, 3.8) is 0 Å². The average Bonchev–Trinajstić information content (AvgIpc) is 2.74. The Kier molecular flexibility index (Phi) is 4.71. The van der Waals surface area contributed by atoms with Crippen LogP contribution in [0.5, 0.6) is 0 Å². The summed E-state index contributed by atoms with van der Waals surface area (Å²) in [6.45, 7) is 1.79. The maximum absolute atomic E-state index is 5.35. The Morgan fingerprint density at radius 2 is 2.17 bits per heavy atom. The molecular weight excluding hydrogens is 312 g/mol. The smallest absolute Gasteiger partial charge is 0.140 e. The number of hydrogen-bond acceptors (Lipinski definition) is 5. The highest BCUT2D eigenvalue weighted by atomic mass is 79.9. The van der Waals surface area contributed by atoms with Crippen LogP contribution in [0.4, 0.5) is 5.82 Å². The number of aromatic nitrogens is 1. The van der Waals surface area contributed by atoms with Crippen molar-refractivity contribution >= 4 is 33.1 Å². The van der Waals surface area contributed by atoms with Crippen LogP contribution in [0.25, 0.3) is 0 Å². The van der Waals surface area contributed by atoms with Crippen LogP contribution < -0.4 is 11.3 Å². The number of nitrogens with one attached hydrogen (secondary N) is 1. The number of nitrogens with two attached hydrogens (primary N) is 1. The summed E-state index contributed by atoms with van der Waals surface area (Å²) in [5.41, 5.74) is 5.07. The Bertz CT molecular complexity index is 514. The van der Waals surface area contributed by atoms with Gasteiger partial charge in [-0.25, -0.2) is 10.8 Å². The van der Waals surface area contributed by atoms with E-state index in [0.717, 1.165) is 13.1 Å². The van der Waals surface area contributed by atoms with Gasteiger partial charge < -0.3 is 5.43 Å². The van der Waals surface area contributed by atoms with Crippen LogP contribution in [0.1, 0.15) is 11.1 Å². The molecule has 96 valence electrons. The van der Waals surface area contributed by atoms with Crippen LogP contribution in [0, 0.1) is 0 Å². The maximum Gasteiger partial charge on any atom is 0.140 e. The van der Waals surface area contributed by atoms with E-state index < -0.39 is 0 Å². The molecule has 0 aliphatic carbocycles. The van der Waals surface area contributed by atoms with E-state index in [0.29, 0.717) is 5.82 Å². The molecule has 0 spiro atoms. The minimum absolute atomic E-state index is 0.694. The molecule has 4 nitrogen and oxygen atoms in total. The minimum Gasteiger partial charge on any atom is -0.308 e. The molecule has 0 saturated carbocycles. The van der Waals surface area contributed by atoms with Gasteiger partial charge in [0.1, 0.15) is 5.82 Å². The van der Waals surface area contributed by atoms with Crippen LogP contribution in [-0.2, 0) is 13.1 Å². The Balaban J connectivity index is 1.96. The number of rotatable bonds is 5. The third-order valence-corrected chi connectivity index (χ3v) is 4.05. The summed E-state index contributed by atoms with van der Waals surface area (Å²) in [5.74, 6) is 6.04. The number of anilines is 1. The molecule has 3 N–H and O–H groups in total. The Morgan fingerprint density at radius 1 is 1.39 bits per heavy atom. The first-order valence-electron chi connectivity index (χ1n) is 5.50. The molecule has 2 aromatic heterocycles. The first-order chi connectivity index (χ1) is 8.67. The van der Waals surface area contributed by atoms with Gasteiger partial charge in [-0.2, -0.15) is 0 Å². The number of pyridine rings is 1. The van der Waals surface area contributed by atoms with Gasteiger partial charge in [-0.05, 0) is 57.7 Å². The topological polar surface area (TPSA) is 54.2 Å². The predicted octanol–water partition coefficient (Wildman–Crippen LogP) is 2.82. The number of thiophene rings is 1. The van der Waals surface area contributed by atoms with Gasteiger partial charge in [0.05, 0.1) is 3.79 Å². The second-order valence-corrected chi connectivity index (χ2v) is 6.42. The van der Waals surface area contributed by atoms with Crippen molar-refractivity contribution in [2.75, 3.05) is 12.5 Å². The third kappa shape index (κ3) is 3.78. The van der Waals surface area contributed by atoms with Crippen LogP contribution in [0.15, 0.2) is 33.6 Å². The molecule has 0 aromatic carbocycles. The van der Waals surface area contributed by atoms with E-state index >= 15 is 0 Å². The molecule has 2 rings (SSSR count). The quantitative estimate of drug-likeness (QED) is 0.655. The second-order valence-electron chi connectivity index (χ2n) is 4.13. The molecule has 0 saturated heterocycles. The minimum atomic E-state index is 0.694. The third-order valence-electron chi connectivity index (χ3n) is 2.50. The van der Waals surface area contributed by atoms with Crippen LogP contribution in [0.3, 0.4) is 0 Å². The van der Waals surface area contributed by atoms with Crippen LogP contribution in [0.2, 0.25) is 0 Å². The van der Waals surface area contributed by atoms with Crippen molar-refractivity contribution in [3.05, 3.63) is 44.7 Å². The predicted molar refractivity (Wildman–Crippen MR) is 79.2 cm³/mol. The molecular formula is C12H15BrN4S. The highest BCUT2D eigenvalue weighted by molar-refractivity contribution is 9.11. The Labute approximate surface area is 119 Å². The fourth-order valence-corrected chi connectivity index (χ4v) is 2.96. The van der Waals surface area contributed by atoms with Crippen molar-refractivity contribution in [3.8, 4) is 0 Å². The lowest BCUT2D eigenvalue weighted by molar-refractivity contribution is 0.319. The number of nitrogen functional groups attached to an aromatic ring is 1. The molecule has 18 heavy (non-hydrogen) atoms. The number of nitrogens with zero attached hydrogens (tertiary/aromatic N) is 2. The highest BCUT2D eigenvalue weighted by Gasteiger charge is 2.04. The van der Waals surface area contributed by atoms with Gasteiger partial charge in [-0.3, -0.25) is 4.90 Å². The molecule has 0 aliphatic rings. The van der Waals surface area contributed by atoms with Crippen molar-refractivity contribution in [2.45, 2.75) is 13.1 Å². The SMILES string of the molecule is CN(Cc1ccnc(NN)c1)Cc1csc(Br)c1. The first-order valence-corrected chi connectivity index (χ1v) is 7.17. The molecule has 0 aliphatic heterocycles. The molecule has 0 atom stereocenters. The standard InChI is InChI=1S/C12H15BrN4S/c1-17(7-10-4-11(13)18-8-10)6-9-2-3-15-12(5-9)16-14/h2-5,8H,6-7,14H2,1H3,(H,15,16). The summed E-state index contributed by atoms with van der Waals surface area (Å²) in [6, 6.07) is 6.11. The second kappa shape index (κ2) is 6.29. The Hall–Kier alpha value is -0.950. The van der Waals surface area contributed by atoms with Crippen molar-refractivity contribution < 1.29 is 0 Å². The van der Waals surface area contributed by atoms with Gasteiger partial charge in [0.25, 0.3) is 0 Å². The molecule has 6 heteroatoms. The van der Waals surface area contributed by atoms with Crippen molar-refractivity contribution in [1.29, 1.82) is 0 Å². The van der Waals surface area contributed by atoms with Gasteiger partial charge in [0.15, 0.2) is 0 Å². The zero-order chi connectivity index (χ0) is 13.0. The highest BCUT2D eigenvalue weighted by Crippen LogP contribution is 2.22. The van der Waals surface area contributed by atoms with Crippen molar-refractivity contribution in [1.82, 2.24) is 9.88 Å². The molecule has 0 bridgehead atoms. The molecule has 2 heterocycles. The molecule has 2 aromatic rings. The lowest BCUT2D eigenvalue weighted by Crippen LogP contribution is -2.17. The molecule has 0 unspecified atom stereocenters. The van der Waals surface area contributed by atoms with E-state index in [1.165, 1.54) is 14.9 Å². The zero-order valence-corrected chi connectivity index (χ0v) is 12.5. The number of hydrazine groups is 1. The number of hydrogen-bond donors (Lipinski definition) is 2.